The van der Waals surface area contributed by atoms with E-state index in [4.69, 9.17) is 4.42 Å². The van der Waals surface area contributed by atoms with Gasteiger partial charge in [-0.3, -0.25) is 0 Å². The van der Waals surface area contributed by atoms with Gasteiger partial charge in [0.2, 0.25) is 0 Å². The second-order valence-electron chi connectivity index (χ2n) is 4.00. The van der Waals surface area contributed by atoms with E-state index in [0.29, 0.717) is 0 Å². The van der Waals surface area contributed by atoms with Crippen molar-refractivity contribution in [2.45, 2.75) is 39.5 Å². The molecule has 0 N–H and O–H groups in total. The maximum atomic E-state index is 5.51. The lowest BCUT2D eigenvalue weighted by molar-refractivity contribution is 0.479. The SMILES string of the molecule is CCc1cc(C(C)(C)C)c(Br)o1. The van der Waals surface area contributed by atoms with Gasteiger partial charge in [0.25, 0.3) is 0 Å². The molecule has 2 heteroatoms. The molecule has 0 bridgehead atoms. The molecule has 12 heavy (non-hydrogen) atoms. The third-order valence-corrected chi connectivity index (χ3v) is 2.48. The summed E-state index contributed by atoms with van der Waals surface area (Å²) in [6.07, 6.45) is 0.953. The van der Waals surface area contributed by atoms with E-state index in [1.165, 1.54) is 5.56 Å². The van der Waals surface area contributed by atoms with Gasteiger partial charge < -0.3 is 4.42 Å². The molecule has 0 saturated heterocycles. The molecule has 1 aromatic rings. The molecule has 0 aromatic carbocycles. The molecule has 68 valence electrons. The first kappa shape index (κ1) is 9.85. The Labute approximate surface area is 82.3 Å². The largest absolute Gasteiger partial charge is 0.454 e. The first-order valence-corrected chi connectivity index (χ1v) is 5.03. The van der Waals surface area contributed by atoms with Crippen LogP contribution in [0.4, 0.5) is 0 Å². The Balaban J connectivity index is 3.08. The summed E-state index contributed by atoms with van der Waals surface area (Å²) in [6, 6.07) is 2.13. The van der Waals surface area contributed by atoms with Crippen molar-refractivity contribution in [1.82, 2.24) is 0 Å². The fourth-order valence-corrected chi connectivity index (χ4v) is 2.02. The average molecular weight is 231 g/mol. The van der Waals surface area contributed by atoms with E-state index in [0.717, 1.165) is 16.9 Å². The molecule has 0 saturated carbocycles. The summed E-state index contributed by atoms with van der Waals surface area (Å²) in [5, 5.41) is 0. The number of aryl methyl sites for hydroxylation is 1. The van der Waals surface area contributed by atoms with Crippen LogP contribution >= 0.6 is 15.9 Å². The van der Waals surface area contributed by atoms with E-state index in [9.17, 15) is 0 Å². The number of hydrogen-bond donors (Lipinski definition) is 0. The molecule has 0 spiro atoms. The molecule has 0 atom stereocenters. The van der Waals surface area contributed by atoms with Crippen molar-refractivity contribution in [3.05, 3.63) is 22.1 Å². The quantitative estimate of drug-likeness (QED) is 0.714. The van der Waals surface area contributed by atoms with Crippen LogP contribution in [0.5, 0.6) is 0 Å². The van der Waals surface area contributed by atoms with Crippen LogP contribution in [0.2, 0.25) is 0 Å². The molecule has 1 heterocycles. The Kier molecular flexibility index (Phi) is 2.67. The van der Waals surface area contributed by atoms with Crippen LogP contribution in [0.15, 0.2) is 15.2 Å². The molecular weight excluding hydrogens is 216 g/mol. The van der Waals surface area contributed by atoms with Crippen molar-refractivity contribution in [2.75, 3.05) is 0 Å². The van der Waals surface area contributed by atoms with Crippen LogP contribution in [0.1, 0.15) is 39.0 Å². The minimum absolute atomic E-state index is 0.162. The smallest absolute Gasteiger partial charge is 0.173 e. The molecule has 1 nitrogen and oxygen atoms in total. The minimum atomic E-state index is 0.162. The fourth-order valence-electron chi connectivity index (χ4n) is 1.10. The minimum Gasteiger partial charge on any atom is -0.454 e. The van der Waals surface area contributed by atoms with Gasteiger partial charge in [0.15, 0.2) is 4.67 Å². The lowest BCUT2D eigenvalue weighted by Crippen LogP contribution is -2.10. The summed E-state index contributed by atoms with van der Waals surface area (Å²) in [5.41, 5.74) is 1.41. The zero-order chi connectivity index (χ0) is 9.35. The highest BCUT2D eigenvalue weighted by Gasteiger charge is 2.20. The van der Waals surface area contributed by atoms with Crippen LogP contribution in [-0.4, -0.2) is 0 Å². The molecule has 1 rings (SSSR count). The zero-order valence-electron chi connectivity index (χ0n) is 8.07. The number of hydrogen-bond acceptors (Lipinski definition) is 1. The Bertz CT molecular complexity index is 268. The molecule has 0 aliphatic rings. The molecule has 0 aliphatic heterocycles. The van der Waals surface area contributed by atoms with Gasteiger partial charge in [-0.1, -0.05) is 27.7 Å². The van der Waals surface area contributed by atoms with Crippen LogP contribution in [0.25, 0.3) is 0 Å². The van der Waals surface area contributed by atoms with Crippen LogP contribution in [0, 0.1) is 0 Å². The first-order valence-electron chi connectivity index (χ1n) is 4.24. The summed E-state index contributed by atoms with van der Waals surface area (Å²) in [5.74, 6) is 1.05. The van der Waals surface area contributed by atoms with Crippen LogP contribution in [-0.2, 0) is 11.8 Å². The van der Waals surface area contributed by atoms with E-state index in [1.54, 1.807) is 0 Å². The van der Waals surface area contributed by atoms with Crippen molar-refractivity contribution < 1.29 is 4.42 Å². The standard InChI is InChI=1S/C10H15BrO/c1-5-7-6-8(9(11)12-7)10(2,3)4/h6H,5H2,1-4H3. The Morgan fingerprint density at radius 1 is 1.42 bits per heavy atom. The topological polar surface area (TPSA) is 13.1 Å². The van der Waals surface area contributed by atoms with Gasteiger partial charge in [-0.2, -0.15) is 0 Å². The monoisotopic (exact) mass is 230 g/mol. The van der Waals surface area contributed by atoms with Gasteiger partial charge in [-0.25, -0.2) is 0 Å². The molecule has 0 amide bonds. The second kappa shape index (κ2) is 3.25. The summed E-state index contributed by atoms with van der Waals surface area (Å²) in [6.45, 7) is 8.64. The van der Waals surface area contributed by atoms with Crippen LogP contribution in [0.3, 0.4) is 0 Å². The highest BCUT2D eigenvalue weighted by Crippen LogP contribution is 2.32. The van der Waals surface area contributed by atoms with Crippen molar-refractivity contribution in [1.29, 1.82) is 0 Å². The lowest BCUT2D eigenvalue weighted by Gasteiger charge is -2.15. The second-order valence-corrected chi connectivity index (χ2v) is 4.72. The molecule has 0 radical (unpaired) electrons. The molecular formula is C10H15BrO. The van der Waals surface area contributed by atoms with E-state index < -0.39 is 0 Å². The van der Waals surface area contributed by atoms with Crippen molar-refractivity contribution >= 4 is 15.9 Å². The summed E-state index contributed by atoms with van der Waals surface area (Å²) >= 11 is 3.43. The highest BCUT2D eigenvalue weighted by atomic mass is 79.9. The Hall–Kier alpha value is -0.240. The predicted molar refractivity (Wildman–Crippen MR) is 54.5 cm³/mol. The van der Waals surface area contributed by atoms with E-state index >= 15 is 0 Å². The van der Waals surface area contributed by atoms with E-state index in [2.05, 4.69) is 49.7 Å². The average Bonchev–Trinajstić information content (AvgIpc) is 2.29. The third-order valence-electron chi connectivity index (χ3n) is 1.89. The number of furan rings is 1. The third kappa shape index (κ3) is 1.92. The molecule has 0 unspecified atom stereocenters. The van der Waals surface area contributed by atoms with Gasteiger partial charge in [-0.05, 0) is 27.4 Å². The number of halogens is 1. The Morgan fingerprint density at radius 2 is 2.00 bits per heavy atom. The Morgan fingerprint density at radius 3 is 2.25 bits per heavy atom. The molecule has 0 fully saturated rings. The normalized spacial score (nSPS) is 12.1. The van der Waals surface area contributed by atoms with Gasteiger partial charge in [0.05, 0.1) is 0 Å². The van der Waals surface area contributed by atoms with E-state index in [1.807, 2.05) is 0 Å². The highest BCUT2D eigenvalue weighted by molar-refractivity contribution is 9.10. The summed E-state index contributed by atoms with van der Waals surface area (Å²) in [7, 11) is 0. The number of rotatable bonds is 1. The molecule has 0 aliphatic carbocycles. The lowest BCUT2D eigenvalue weighted by atomic mass is 9.89. The van der Waals surface area contributed by atoms with Crippen molar-refractivity contribution in [2.24, 2.45) is 0 Å². The maximum Gasteiger partial charge on any atom is 0.173 e. The van der Waals surface area contributed by atoms with Gasteiger partial charge >= 0.3 is 0 Å². The summed E-state index contributed by atoms with van der Waals surface area (Å²) in [4.78, 5) is 0. The first-order chi connectivity index (χ1) is 5.45. The van der Waals surface area contributed by atoms with Crippen molar-refractivity contribution in [3.8, 4) is 0 Å². The zero-order valence-corrected chi connectivity index (χ0v) is 9.66. The van der Waals surface area contributed by atoms with E-state index in [-0.39, 0.29) is 5.41 Å². The predicted octanol–water partition coefficient (Wildman–Crippen LogP) is 3.90. The van der Waals surface area contributed by atoms with Gasteiger partial charge in [0, 0.05) is 12.0 Å². The maximum absolute atomic E-state index is 5.51. The van der Waals surface area contributed by atoms with Gasteiger partial charge in [0.1, 0.15) is 5.76 Å². The van der Waals surface area contributed by atoms with Crippen LogP contribution < -0.4 is 0 Å². The van der Waals surface area contributed by atoms with Gasteiger partial charge in [-0.15, -0.1) is 0 Å². The molecule has 1 aromatic heterocycles. The summed E-state index contributed by atoms with van der Waals surface area (Å²) < 4.78 is 6.39. The fraction of sp³-hybridized carbons (Fsp3) is 0.600. The van der Waals surface area contributed by atoms with Crippen molar-refractivity contribution in [3.63, 3.8) is 0 Å².